The lowest BCUT2D eigenvalue weighted by atomic mass is 10.3. The Kier molecular flexibility index (Phi) is 2.44. The summed E-state index contributed by atoms with van der Waals surface area (Å²) in [4.78, 5) is -0.205. The fourth-order valence-corrected chi connectivity index (χ4v) is 1.44. The number of hydrogen-bond acceptors (Lipinski definition) is 4. The smallest absolute Gasteiger partial charge is 0.294 e. The van der Waals surface area contributed by atoms with Crippen molar-refractivity contribution in [1.29, 1.82) is 0 Å². The Labute approximate surface area is 76.3 Å². The Morgan fingerprint density at radius 3 is 2.46 bits per heavy atom. The quantitative estimate of drug-likeness (QED) is 0.481. The average Bonchev–Trinajstić information content (AvgIpc) is 2.02. The van der Waals surface area contributed by atoms with E-state index in [1.165, 1.54) is 18.2 Å². The van der Waals surface area contributed by atoms with Gasteiger partial charge in [0.25, 0.3) is 10.1 Å². The molecule has 0 unspecified atom stereocenters. The van der Waals surface area contributed by atoms with Crippen molar-refractivity contribution in [3.8, 4) is 0 Å². The van der Waals surface area contributed by atoms with Crippen LogP contribution < -0.4 is 11.1 Å². The summed E-state index contributed by atoms with van der Waals surface area (Å²) in [5.74, 6) is 0. The molecule has 0 heterocycles. The highest BCUT2D eigenvalue weighted by molar-refractivity contribution is 7.85. The molecule has 0 aliphatic carbocycles. The van der Waals surface area contributed by atoms with Crippen LogP contribution in [-0.4, -0.2) is 20.0 Å². The highest BCUT2D eigenvalue weighted by Crippen LogP contribution is 2.21. The van der Waals surface area contributed by atoms with Crippen LogP contribution in [-0.2, 0) is 10.1 Å². The van der Waals surface area contributed by atoms with Gasteiger partial charge in [0.15, 0.2) is 0 Å². The minimum absolute atomic E-state index is 0.205. The van der Waals surface area contributed by atoms with E-state index in [1.807, 2.05) is 0 Å². The molecule has 0 aromatic heterocycles. The highest BCUT2D eigenvalue weighted by Gasteiger charge is 2.10. The second-order valence-corrected chi connectivity index (χ2v) is 3.90. The molecule has 0 aliphatic heterocycles. The zero-order valence-corrected chi connectivity index (χ0v) is 7.80. The molecule has 13 heavy (non-hydrogen) atoms. The molecule has 0 amide bonds. The van der Waals surface area contributed by atoms with Crippen molar-refractivity contribution in [3.63, 3.8) is 0 Å². The molecule has 0 atom stereocenters. The molecule has 0 saturated carbocycles. The van der Waals surface area contributed by atoms with Crippen molar-refractivity contribution in [2.75, 3.05) is 18.1 Å². The summed E-state index contributed by atoms with van der Waals surface area (Å²) >= 11 is 0. The van der Waals surface area contributed by atoms with E-state index >= 15 is 0 Å². The molecule has 0 bridgehead atoms. The second-order valence-electron chi connectivity index (χ2n) is 2.47. The molecule has 0 spiro atoms. The number of benzene rings is 1. The first-order chi connectivity index (χ1) is 5.95. The summed E-state index contributed by atoms with van der Waals surface area (Å²) in [6, 6.07) is 3.96. The molecular formula is C7H10N2O3S. The van der Waals surface area contributed by atoms with Crippen LogP contribution in [0.4, 0.5) is 11.4 Å². The van der Waals surface area contributed by atoms with Crippen LogP contribution in [0.25, 0.3) is 0 Å². The van der Waals surface area contributed by atoms with E-state index < -0.39 is 10.1 Å². The zero-order chi connectivity index (χ0) is 10.1. The van der Waals surface area contributed by atoms with Gasteiger partial charge in [-0.1, -0.05) is 0 Å². The normalized spacial score (nSPS) is 11.2. The molecule has 1 aromatic carbocycles. The molecule has 1 aromatic rings. The van der Waals surface area contributed by atoms with Gasteiger partial charge >= 0.3 is 0 Å². The van der Waals surface area contributed by atoms with Gasteiger partial charge in [0, 0.05) is 7.05 Å². The highest BCUT2D eigenvalue weighted by atomic mass is 32.2. The molecule has 0 aliphatic rings. The Bertz CT molecular complexity index is 414. The minimum atomic E-state index is -4.16. The molecule has 0 saturated heterocycles. The minimum Gasteiger partial charge on any atom is -0.397 e. The van der Waals surface area contributed by atoms with Crippen molar-refractivity contribution in [3.05, 3.63) is 18.2 Å². The molecule has 0 radical (unpaired) electrons. The third-order valence-electron chi connectivity index (χ3n) is 1.59. The van der Waals surface area contributed by atoms with Crippen LogP contribution in [0.1, 0.15) is 0 Å². The van der Waals surface area contributed by atoms with E-state index in [0.717, 1.165) is 0 Å². The summed E-state index contributed by atoms with van der Waals surface area (Å²) in [5, 5.41) is 2.77. The maximum Gasteiger partial charge on any atom is 0.294 e. The Morgan fingerprint density at radius 1 is 1.46 bits per heavy atom. The molecule has 0 fully saturated rings. The van der Waals surface area contributed by atoms with Crippen LogP contribution in [0.5, 0.6) is 0 Å². The first-order valence-electron chi connectivity index (χ1n) is 3.50. The van der Waals surface area contributed by atoms with Gasteiger partial charge in [0.2, 0.25) is 0 Å². The standard InChI is InChI=1S/C7H10N2O3S/c1-9-7-3-2-5(4-6(7)8)13(10,11)12/h2-4,9H,8H2,1H3,(H,10,11,12). The molecule has 72 valence electrons. The lowest BCUT2D eigenvalue weighted by Gasteiger charge is -2.05. The van der Waals surface area contributed by atoms with E-state index in [2.05, 4.69) is 5.32 Å². The third-order valence-corrected chi connectivity index (χ3v) is 2.44. The SMILES string of the molecule is CNc1ccc(S(=O)(=O)O)cc1N. The first-order valence-corrected chi connectivity index (χ1v) is 4.94. The lowest BCUT2D eigenvalue weighted by Crippen LogP contribution is -2.01. The van der Waals surface area contributed by atoms with Crippen LogP contribution in [0.15, 0.2) is 23.1 Å². The van der Waals surface area contributed by atoms with Crippen LogP contribution in [0.3, 0.4) is 0 Å². The molecule has 4 N–H and O–H groups in total. The van der Waals surface area contributed by atoms with Gasteiger partial charge in [-0.25, -0.2) is 0 Å². The van der Waals surface area contributed by atoms with E-state index in [1.54, 1.807) is 7.05 Å². The lowest BCUT2D eigenvalue weighted by molar-refractivity contribution is 0.483. The fourth-order valence-electron chi connectivity index (χ4n) is 0.929. The molecule has 1 rings (SSSR count). The van der Waals surface area contributed by atoms with E-state index in [9.17, 15) is 8.42 Å². The summed E-state index contributed by atoms with van der Waals surface area (Å²) in [6.45, 7) is 0. The predicted molar refractivity (Wildman–Crippen MR) is 50.2 cm³/mol. The maximum absolute atomic E-state index is 10.7. The maximum atomic E-state index is 10.7. The van der Waals surface area contributed by atoms with E-state index in [0.29, 0.717) is 5.69 Å². The van der Waals surface area contributed by atoms with Gasteiger partial charge in [-0.2, -0.15) is 8.42 Å². The monoisotopic (exact) mass is 202 g/mol. The number of hydrogen-bond donors (Lipinski definition) is 3. The van der Waals surface area contributed by atoms with Gasteiger partial charge in [-0.3, -0.25) is 4.55 Å². The third kappa shape index (κ3) is 2.10. The van der Waals surface area contributed by atoms with Gasteiger partial charge in [0.1, 0.15) is 0 Å². The summed E-state index contributed by atoms with van der Waals surface area (Å²) in [6.07, 6.45) is 0. The van der Waals surface area contributed by atoms with Gasteiger partial charge < -0.3 is 11.1 Å². The number of rotatable bonds is 2. The molecular weight excluding hydrogens is 192 g/mol. The number of nitrogens with two attached hydrogens (primary N) is 1. The largest absolute Gasteiger partial charge is 0.397 e. The Balaban J connectivity index is 3.26. The fraction of sp³-hybridized carbons (Fsp3) is 0.143. The summed E-state index contributed by atoms with van der Waals surface area (Å²) in [5.41, 5.74) is 6.38. The van der Waals surface area contributed by atoms with Crippen LogP contribution in [0, 0.1) is 0 Å². The molecule has 6 heteroatoms. The first kappa shape index (κ1) is 9.82. The Hall–Kier alpha value is -1.27. The average molecular weight is 202 g/mol. The van der Waals surface area contributed by atoms with Crippen molar-refractivity contribution < 1.29 is 13.0 Å². The van der Waals surface area contributed by atoms with Crippen molar-refractivity contribution in [1.82, 2.24) is 0 Å². The summed E-state index contributed by atoms with van der Waals surface area (Å²) in [7, 11) is -2.49. The topological polar surface area (TPSA) is 92.4 Å². The van der Waals surface area contributed by atoms with Crippen molar-refractivity contribution in [2.24, 2.45) is 0 Å². The summed E-state index contributed by atoms with van der Waals surface area (Å²) < 4.78 is 30.0. The van der Waals surface area contributed by atoms with Crippen LogP contribution >= 0.6 is 0 Å². The Morgan fingerprint density at radius 2 is 2.08 bits per heavy atom. The number of nitrogen functional groups attached to an aromatic ring is 1. The van der Waals surface area contributed by atoms with Gasteiger partial charge in [-0.05, 0) is 18.2 Å². The molecule has 5 nitrogen and oxygen atoms in total. The number of nitrogens with one attached hydrogen (secondary N) is 1. The van der Waals surface area contributed by atoms with Crippen molar-refractivity contribution in [2.45, 2.75) is 4.90 Å². The number of anilines is 2. The van der Waals surface area contributed by atoms with E-state index in [4.69, 9.17) is 10.3 Å². The van der Waals surface area contributed by atoms with E-state index in [-0.39, 0.29) is 10.6 Å². The predicted octanol–water partition coefficient (Wildman–Crippen LogP) is 0.557. The van der Waals surface area contributed by atoms with Crippen molar-refractivity contribution >= 4 is 21.5 Å². The van der Waals surface area contributed by atoms with Gasteiger partial charge in [0.05, 0.1) is 16.3 Å². The van der Waals surface area contributed by atoms with Gasteiger partial charge in [-0.15, -0.1) is 0 Å². The second kappa shape index (κ2) is 3.23. The zero-order valence-electron chi connectivity index (χ0n) is 6.98. The van der Waals surface area contributed by atoms with Crippen LogP contribution in [0.2, 0.25) is 0 Å².